The molecule has 0 fully saturated rings. The number of alkyl halides is 26. The molecule has 29 heteroatoms. The normalized spacial score (nSPS) is 13.6. The Kier molecular flexibility index (Phi) is 17.0. The van der Waals surface area contributed by atoms with Crippen LogP contribution in [-0.2, 0) is 60.3 Å². The predicted octanol–water partition coefficient (Wildman–Crippen LogP) is 14.1. The maximum absolute atomic E-state index is 14.2. The second-order valence-electron chi connectivity index (χ2n) is 15.0. The molecule has 5 aromatic rings. The number of Topliss-reactive ketones (excluding diaryl/α,β-unsaturated/α-hetero) is 1. The fraction of sp³-hybridized carbons (Fsp3) is 0.262. The van der Waals surface area contributed by atoms with Gasteiger partial charge in [-0.05, 0) is 24.3 Å². The Morgan fingerprint density at radius 2 is 0.549 bits per heavy atom. The van der Waals surface area contributed by atoms with Crippen LogP contribution < -0.4 is 21.9 Å². The highest BCUT2D eigenvalue weighted by molar-refractivity contribution is 7.99. The highest BCUT2D eigenvalue weighted by Crippen LogP contribution is 2.41. The molecule has 0 saturated heterocycles. The Balaban J connectivity index is 0.000000671. The zero-order valence-electron chi connectivity index (χ0n) is 34.2. The summed E-state index contributed by atoms with van der Waals surface area (Å²) in [6, 6.07) is 0.410. The SMILES string of the molecule is FC(F)(F)c1cc([B-](c2cc(C(F)(F)F)cc(C(F)(F)F)c2)(c2cc(C(F)(F)F)cc(C(F)(F)F)c2)c2cc(C(F)(F)F)cc(C(F)(F)F)c2)cc(C(F)(F)F)c1.O=C(C[S+](CCl)CCl)c1ccccc1. The van der Waals surface area contributed by atoms with Crippen LogP contribution in [0, 0.1) is 0 Å². The first-order chi connectivity index (χ1) is 32.0. The van der Waals surface area contributed by atoms with E-state index < -0.39 is 195 Å². The molecule has 0 unspecified atom stereocenters. The van der Waals surface area contributed by atoms with Crippen LogP contribution in [0.5, 0.6) is 0 Å². The number of carbonyl (C=O) groups is 1. The first-order valence-electron chi connectivity index (χ1n) is 18.7. The van der Waals surface area contributed by atoms with Crippen LogP contribution in [0.1, 0.15) is 54.9 Å². The Labute approximate surface area is 396 Å². The monoisotopic (exact) mass is 1110 g/mol. The van der Waals surface area contributed by atoms with E-state index in [-0.39, 0.29) is 16.7 Å². The van der Waals surface area contributed by atoms with Crippen LogP contribution in [0.3, 0.4) is 0 Å². The van der Waals surface area contributed by atoms with Crippen molar-refractivity contribution >= 4 is 67.9 Å². The fourth-order valence-electron chi connectivity index (χ4n) is 7.07. The van der Waals surface area contributed by atoms with Gasteiger partial charge in [0.25, 0.3) is 0 Å². The Morgan fingerprint density at radius 1 is 0.352 bits per heavy atom. The van der Waals surface area contributed by atoms with E-state index in [2.05, 4.69) is 0 Å². The van der Waals surface area contributed by atoms with Gasteiger partial charge in [0.15, 0.2) is 16.2 Å². The van der Waals surface area contributed by atoms with E-state index >= 15 is 0 Å². The largest absolute Gasteiger partial charge is 0.416 e. The molecule has 0 bridgehead atoms. The summed E-state index contributed by atoms with van der Waals surface area (Å²) in [4.78, 5) is 11.7. The molecule has 0 N–H and O–H groups in total. The van der Waals surface area contributed by atoms with Gasteiger partial charge in [-0.25, -0.2) is 0 Å². The van der Waals surface area contributed by atoms with Gasteiger partial charge < -0.3 is 0 Å². The summed E-state index contributed by atoms with van der Waals surface area (Å²) in [5.41, 5.74) is -29.5. The fourth-order valence-corrected chi connectivity index (χ4v) is 8.98. The van der Waals surface area contributed by atoms with Crippen molar-refractivity contribution in [3.63, 3.8) is 0 Å². The van der Waals surface area contributed by atoms with E-state index in [9.17, 15) is 110 Å². The minimum absolute atomic E-state index is 0.121. The lowest BCUT2D eigenvalue weighted by Crippen LogP contribution is -2.75. The molecule has 0 spiro atoms. The Morgan fingerprint density at radius 3 is 0.718 bits per heavy atom. The molecule has 0 atom stereocenters. The van der Waals surface area contributed by atoms with E-state index in [1.807, 2.05) is 30.3 Å². The zero-order chi connectivity index (χ0) is 54.3. The standard InChI is InChI=1S/C32H12BF24.C10H11Cl2OS/c34-25(35,36)13-1-14(26(37,38)39)6-21(5-13)33(22-7-15(27(40,41)42)2-16(8-22)28(43,44)45,23-9-17(29(46,47)48)3-18(10-23)30(49,50)51)24-11-19(31(52,53)54)4-20(12-24)32(55,56)57;11-7-14(8-12)6-10(13)9-4-2-1-3-5-9/h1-12H;1-5H,6-8H2/q-1;+1. The summed E-state index contributed by atoms with van der Waals surface area (Å²) in [7, 11) is -0.188. The molecule has 0 saturated carbocycles. The van der Waals surface area contributed by atoms with Gasteiger partial charge in [-0.15, -0.1) is 0 Å². The maximum Gasteiger partial charge on any atom is 0.416 e. The molecule has 0 amide bonds. The second-order valence-corrected chi connectivity index (χ2v) is 18.2. The molecule has 1 nitrogen and oxygen atoms in total. The van der Waals surface area contributed by atoms with E-state index in [0.717, 1.165) is 5.56 Å². The summed E-state index contributed by atoms with van der Waals surface area (Å²) in [5.74, 6) is 0.576. The summed E-state index contributed by atoms with van der Waals surface area (Å²) < 4.78 is 341. The predicted molar refractivity (Wildman–Crippen MR) is 215 cm³/mol. The van der Waals surface area contributed by atoms with Crippen LogP contribution in [0.25, 0.3) is 0 Å². The van der Waals surface area contributed by atoms with Crippen molar-refractivity contribution in [2.75, 3.05) is 16.2 Å². The molecule has 0 radical (unpaired) electrons. The number of rotatable bonds is 9. The molecule has 0 aliphatic rings. The van der Waals surface area contributed by atoms with Crippen LogP contribution in [0.15, 0.2) is 103 Å². The third-order valence-corrected chi connectivity index (χ3v) is 13.3. The number of hydrogen-bond donors (Lipinski definition) is 0. The molecule has 5 aromatic carbocycles. The molecular formula is C42H23BCl2F24OS. The first kappa shape index (κ1) is 58.7. The lowest BCUT2D eigenvalue weighted by atomic mass is 9.12. The number of ketones is 1. The lowest BCUT2D eigenvalue weighted by molar-refractivity contribution is -0.144. The summed E-state index contributed by atoms with van der Waals surface area (Å²) in [6.07, 6.45) is -54.8. The lowest BCUT2D eigenvalue weighted by Gasteiger charge is -2.46. The molecule has 0 aromatic heterocycles. The van der Waals surface area contributed by atoms with Gasteiger partial charge in [-0.1, -0.05) is 102 Å². The average molecular weight is 1110 g/mol. The van der Waals surface area contributed by atoms with Gasteiger partial charge in [0.1, 0.15) is 6.15 Å². The van der Waals surface area contributed by atoms with Crippen LogP contribution in [0.4, 0.5) is 105 Å². The highest BCUT2D eigenvalue weighted by atomic mass is 35.5. The van der Waals surface area contributed by atoms with Crippen molar-refractivity contribution in [3.05, 3.63) is 153 Å². The smallest absolute Gasteiger partial charge is 0.289 e. The number of carbonyl (C=O) groups excluding carboxylic acids is 1. The topological polar surface area (TPSA) is 17.1 Å². The van der Waals surface area contributed by atoms with Crippen molar-refractivity contribution < 1.29 is 110 Å². The summed E-state index contributed by atoms with van der Waals surface area (Å²) in [6.45, 7) is 0. The Bertz CT molecular complexity index is 2240. The first-order valence-corrected chi connectivity index (χ1v) is 21.5. The molecule has 0 aliphatic carbocycles. The van der Waals surface area contributed by atoms with E-state index in [1.165, 1.54) is 0 Å². The van der Waals surface area contributed by atoms with Crippen LogP contribution in [-0.4, -0.2) is 28.1 Å². The molecule has 388 valence electrons. The maximum atomic E-state index is 14.2. The molecule has 71 heavy (non-hydrogen) atoms. The average Bonchev–Trinajstić information content (AvgIpc) is 3.23. The third-order valence-electron chi connectivity index (χ3n) is 10.2. The quantitative estimate of drug-likeness (QED) is 0.0473. The summed E-state index contributed by atoms with van der Waals surface area (Å²) >= 11 is 11.3. The number of halogens is 26. The Hall–Kier alpha value is -4.92. The minimum atomic E-state index is -6.13. The number of hydrogen-bond acceptors (Lipinski definition) is 1. The summed E-state index contributed by atoms with van der Waals surface area (Å²) in [5, 5.41) is 0.921. The molecule has 5 rings (SSSR count). The van der Waals surface area contributed by atoms with Crippen LogP contribution >= 0.6 is 23.2 Å². The van der Waals surface area contributed by atoms with Gasteiger partial charge in [0.05, 0.1) is 44.5 Å². The number of benzene rings is 5. The van der Waals surface area contributed by atoms with Gasteiger partial charge >= 0.3 is 49.4 Å². The minimum Gasteiger partial charge on any atom is -0.289 e. The molecule has 0 aliphatic heterocycles. The van der Waals surface area contributed by atoms with Crippen molar-refractivity contribution in [3.8, 4) is 0 Å². The van der Waals surface area contributed by atoms with Crippen molar-refractivity contribution in [1.29, 1.82) is 0 Å². The van der Waals surface area contributed by atoms with E-state index in [4.69, 9.17) is 23.2 Å². The van der Waals surface area contributed by atoms with Crippen molar-refractivity contribution in [1.82, 2.24) is 0 Å². The van der Waals surface area contributed by atoms with Gasteiger partial charge in [0.2, 0.25) is 5.78 Å². The van der Waals surface area contributed by atoms with E-state index in [0.29, 0.717) is 16.2 Å². The third kappa shape index (κ3) is 14.2. The highest BCUT2D eigenvalue weighted by Gasteiger charge is 2.47. The second kappa shape index (κ2) is 20.5. The zero-order valence-corrected chi connectivity index (χ0v) is 36.5. The van der Waals surface area contributed by atoms with Gasteiger partial charge in [-0.3, -0.25) is 4.79 Å². The van der Waals surface area contributed by atoms with Crippen molar-refractivity contribution in [2.24, 2.45) is 0 Å². The van der Waals surface area contributed by atoms with Crippen LogP contribution in [0.2, 0.25) is 0 Å². The van der Waals surface area contributed by atoms with E-state index in [1.54, 1.807) is 0 Å². The van der Waals surface area contributed by atoms with Gasteiger partial charge in [0, 0.05) is 16.5 Å². The molecular weight excluding hydrogens is 1090 g/mol. The van der Waals surface area contributed by atoms with Crippen molar-refractivity contribution in [2.45, 2.75) is 49.4 Å². The molecule has 0 heterocycles. The van der Waals surface area contributed by atoms with Gasteiger partial charge in [-0.2, -0.15) is 127 Å².